The lowest BCUT2D eigenvalue weighted by molar-refractivity contribution is 0.103. The van der Waals surface area contributed by atoms with Crippen LogP contribution in [0.5, 0.6) is 0 Å². The molecule has 1 unspecified atom stereocenters. The standard InChI is InChI=1S/C18H27N3/c1-12(2)17(21-9-7-13(3)8-10-21)18-19-15-6-5-14(4)11-16(15)20-18/h5-6,11-13,17H,7-10H2,1-4H3,(H,19,20). The average Bonchev–Trinajstić information content (AvgIpc) is 2.83. The van der Waals surface area contributed by atoms with Crippen LogP contribution in [0.4, 0.5) is 0 Å². The molecule has 1 aromatic carbocycles. The van der Waals surface area contributed by atoms with Crippen LogP contribution < -0.4 is 0 Å². The Morgan fingerprint density at radius 2 is 1.95 bits per heavy atom. The Morgan fingerprint density at radius 1 is 1.24 bits per heavy atom. The quantitative estimate of drug-likeness (QED) is 0.911. The SMILES string of the molecule is Cc1ccc2nc(C(C(C)C)N3CCC(C)CC3)[nH]c2c1. The van der Waals surface area contributed by atoms with Crippen LogP contribution >= 0.6 is 0 Å². The molecule has 21 heavy (non-hydrogen) atoms. The van der Waals surface area contributed by atoms with E-state index < -0.39 is 0 Å². The van der Waals surface area contributed by atoms with Gasteiger partial charge in [-0.25, -0.2) is 4.98 Å². The molecule has 1 fully saturated rings. The molecule has 3 heteroatoms. The van der Waals surface area contributed by atoms with Crippen LogP contribution in [0, 0.1) is 18.8 Å². The summed E-state index contributed by atoms with van der Waals surface area (Å²) in [5, 5.41) is 0. The molecule has 1 atom stereocenters. The number of rotatable bonds is 3. The molecular weight excluding hydrogens is 258 g/mol. The summed E-state index contributed by atoms with van der Waals surface area (Å²) in [6, 6.07) is 6.87. The lowest BCUT2D eigenvalue weighted by atomic mass is 9.94. The van der Waals surface area contributed by atoms with Crippen molar-refractivity contribution in [2.75, 3.05) is 13.1 Å². The molecule has 1 aliphatic heterocycles. The van der Waals surface area contributed by atoms with Gasteiger partial charge in [0.05, 0.1) is 17.1 Å². The zero-order valence-corrected chi connectivity index (χ0v) is 13.7. The van der Waals surface area contributed by atoms with E-state index in [1.165, 1.54) is 37.0 Å². The zero-order valence-electron chi connectivity index (χ0n) is 13.7. The first kappa shape index (κ1) is 14.6. The number of nitrogens with one attached hydrogen (secondary N) is 1. The van der Waals surface area contributed by atoms with Crippen LogP contribution in [-0.2, 0) is 0 Å². The zero-order chi connectivity index (χ0) is 15.0. The molecule has 2 aromatic rings. The van der Waals surface area contributed by atoms with Crippen molar-refractivity contribution in [1.82, 2.24) is 14.9 Å². The average molecular weight is 285 g/mol. The second kappa shape index (κ2) is 5.80. The van der Waals surface area contributed by atoms with Crippen molar-refractivity contribution in [2.45, 2.75) is 46.6 Å². The van der Waals surface area contributed by atoms with Crippen LogP contribution in [0.3, 0.4) is 0 Å². The van der Waals surface area contributed by atoms with Crippen LogP contribution in [-0.4, -0.2) is 28.0 Å². The van der Waals surface area contributed by atoms with Gasteiger partial charge in [0.25, 0.3) is 0 Å². The maximum absolute atomic E-state index is 4.87. The molecule has 2 heterocycles. The largest absolute Gasteiger partial charge is 0.341 e. The molecule has 1 aliphatic rings. The predicted octanol–water partition coefficient (Wildman–Crippen LogP) is 4.30. The number of aryl methyl sites for hydroxylation is 1. The third-order valence-corrected chi connectivity index (χ3v) is 4.78. The maximum atomic E-state index is 4.87. The first-order valence-electron chi connectivity index (χ1n) is 8.25. The topological polar surface area (TPSA) is 31.9 Å². The minimum atomic E-state index is 0.408. The van der Waals surface area contributed by atoms with E-state index in [9.17, 15) is 0 Å². The van der Waals surface area contributed by atoms with E-state index in [4.69, 9.17) is 4.98 Å². The van der Waals surface area contributed by atoms with Gasteiger partial charge in [-0.05, 0) is 62.4 Å². The van der Waals surface area contributed by atoms with Gasteiger partial charge in [-0.2, -0.15) is 0 Å². The molecule has 114 valence electrons. The summed E-state index contributed by atoms with van der Waals surface area (Å²) in [7, 11) is 0. The highest BCUT2D eigenvalue weighted by atomic mass is 15.2. The Bertz CT molecular complexity index is 606. The summed E-state index contributed by atoms with van der Waals surface area (Å²) in [5.41, 5.74) is 3.54. The highest BCUT2D eigenvalue weighted by molar-refractivity contribution is 5.75. The summed E-state index contributed by atoms with van der Waals surface area (Å²) in [6.45, 7) is 11.5. The van der Waals surface area contributed by atoms with Gasteiger partial charge in [0.2, 0.25) is 0 Å². The normalized spacial score (nSPS) is 19.5. The first-order chi connectivity index (χ1) is 10.0. The lowest BCUT2D eigenvalue weighted by Crippen LogP contribution is -2.38. The summed E-state index contributed by atoms with van der Waals surface area (Å²) in [6.07, 6.45) is 2.62. The van der Waals surface area contributed by atoms with Crippen molar-refractivity contribution in [3.8, 4) is 0 Å². The summed E-state index contributed by atoms with van der Waals surface area (Å²) in [4.78, 5) is 11.1. The molecule has 3 nitrogen and oxygen atoms in total. The molecule has 1 aromatic heterocycles. The number of benzene rings is 1. The lowest BCUT2D eigenvalue weighted by Gasteiger charge is -2.37. The van der Waals surface area contributed by atoms with Gasteiger partial charge >= 0.3 is 0 Å². The highest BCUT2D eigenvalue weighted by Gasteiger charge is 2.29. The number of H-pyrrole nitrogens is 1. The number of imidazole rings is 1. The number of hydrogen-bond acceptors (Lipinski definition) is 2. The fourth-order valence-corrected chi connectivity index (χ4v) is 3.50. The fourth-order valence-electron chi connectivity index (χ4n) is 3.50. The fraction of sp³-hybridized carbons (Fsp3) is 0.611. The number of likely N-dealkylation sites (tertiary alicyclic amines) is 1. The van der Waals surface area contributed by atoms with Gasteiger partial charge < -0.3 is 4.98 Å². The smallest absolute Gasteiger partial charge is 0.124 e. The van der Waals surface area contributed by atoms with Gasteiger partial charge in [-0.15, -0.1) is 0 Å². The third kappa shape index (κ3) is 2.98. The van der Waals surface area contributed by atoms with Gasteiger partial charge in [0, 0.05) is 0 Å². The molecular formula is C18H27N3. The van der Waals surface area contributed by atoms with E-state index in [0.29, 0.717) is 12.0 Å². The van der Waals surface area contributed by atoms with Crippen molar-refractivity contribution < 1.29 is 0 Å². The number of piperidine rings is 1. The van der Waals surface area contributed by atoms with Crippen molar-refractivity contribution in [3.05, 3.63) is 29.6 Å². The van der Waals surface area contributed by atoms with E-state index in [2.05, 4.69) is 55.8 Å². The minimum absolute atomic E-state index is 0.408. The van der Waals surface area contributed by atoms with Crippen molar-refractivity contribution in [2.24, 2.45) is 11.8 Å². The number of nitrogens with zero attached hydrogens (tertiary/aromatic N) is 2. The van der Waals surface area contributed by atoms with Crippen LogP contribution in [0.15, 0.2) is 18.2 Å². The molecule has 3 rings (SSSR count). The second-order valence-corrected chi connectivity index (χ2v) is 7.05. The monoisotopic (exact) mass is 285 g/mol. The highest BCUT2D eigenvalue weighted by Crippen LogP contribution is 2.31. The first-order valence-corrected chi connectivity index (χ1v) is 8.25. The van der Waals surface area contributed by atoms with E-state index in [1.54, 1.807) is 0 Å². The Balaban J connectivity index is 1.91. The molecule has 0 aliphatic carbocycles. The van der Waals surface area contributed by atoms with Crippen LogP contribution in [0.1, 0.15) is 51.0 Å². The maximum Gasteiger partial charge on any atom is 0.124 e. The Kier molecular flexibility index (Phi) is 4.03. The Hall–Kier alpha value is -1.35. The number of hydrogen-bond donors (Lipinski definition) is 1. The van der Waals surface area contributed by atoms with Crippen molar-refractivity contribution >= 4 is 11.0 Å². The van der Waals surface area contributed by atoms with Crippen LogP contribution in [0.2, 0.25) is 0 Å². The minimum Gasteiger partial charge on any atom is -0.341 e. The Labute approximate surface area is 127 Å². The molecule has 0 radical (unpaired) electrons. The van der Waals surface area contributed by atoms with Crippen molar-refractivity contribution in [1.29, 1.82) is 0 Å². The second-order valence-electron chi connectivity index (χ2n) is 7.05. The van der Waals surface area contributed by atoms with Gasteiger partial charge in [0.1, 0.15) is 5.82 Å². The molecule has 1 N–H and O–H groups in total. The summed E-state index contributed by atoms with van der Waals surface area (Å²) < 4.78 is 0. The molecule has 1 saturated heterocycles. The predicted molar refractivity (Wildman–Crippen MR) is 88.4 cm³/mol. The van der Waals surface area contributed by atoms with Crippen LogP contribution in [0.25, 0.3) is 11.0 Å². The molecule has 0 bridgehead atoms. The van der Waals surface area contributed by atoms with Gasteiger partial charge in [0.15, 0.2) is 0 Å². The van der Waals surface area contributed by atoms with Gasteiger partial charge in [-0.3, -0.25) is 4.90 Å². The molecule has 0 amide bonds. The number of aromatic nitrogens is 2. The third-order valence-electron chi connectivity index (χ3n) is 4.78. The van der Waals surface area contributed by atoms with Crippen molar-refractivity contribution in [3.63, 3.8) is 0 Å². The molecule has 0 spiro atoms. The van der Waals surface area contributed by atoms with E-state index >= 15 is 0 Å². The summed E-state index contributed by atoms with van der Waals surface area (Å²) >= 11 is 0. The Morgan fingerprint density at radius 3 is 2.62 bits per heavy atom. The summed E-state index contributed by atoms with van der Waals surface area (Å²) in [5.74, 6) is 2.58. The number of aromatic amines is 1. The van der Waals surface area contributed by atoms with E-state index in [1.807, 2.05) is 0 Å². The number of fused-ring (bicyclic) bond motifs is 1. The molecule has 0 saturated carbocycles. The van der Waals surface area contributed by atoms with E-state index in [0.717, 1.165) is 17.3 Å². The van der Waals surface area contributed by atoms with Gasteiger partial charge in [-0.1, -0.05) is 26.8 Å². The van der Waals surface area contributed by atoms with E-state index in [-0.39, 0.29) is 0 Å².